The summed E-state index contributed by atoms with van der Waals surface area (Å²) in [6.07, 6.45) is 0. The summed E-state index contributed by atoms with van der Waals surface area (Å²) in [5.74, 6) is 2.28. The number of anilines is 1. The molecule has 108 valence electrons. The van der Waals surface area contributed by atoms with Crippen molar-refractivity contribution in [2.75, 3.05) is 17.6 Å². The lowest BCUT2D eigenvalue weighted by Crippen LogP contribution is -2.14. The molecule has 21 heavy (non-hydrogen) atoms. The predicted molar refractivity (Wildman–Crippen MR) is 84.0 cm³/mol. The number of benzene rings is 1. The molecule has 1 aromatic carbocycles. The van der Waals surface area contributed by atoms with Gasteiger partial charge in [0.1, 0.15) is 11.6 Å². The first-order valence-corrected chi connectivity index (χ1v) is 7.59. The van der Waals surface area contributed by atoms with Gasteiger partial charge in [-0.15, -0.1) is 11.8 Å². The molecular weight excluding hydrogens is 286 g/mol. The Hall–Kier alpha value is -2.28. The van der Waals surface area contributed by atoms with E-state index in [1.807, 2.05) is 18.2 Å². The maximum Gasteiger partial charge on any atom is 0.349 e. The number of hydrogen-bond acceptors (Lipinski definition) is 5. The summed E-state index contributed by atoms with van der Waals surface area (Å²) in [7, 11) is 0. The predicted octanol–water partition coefficient (Wildman–Crippen LogP) is 1.93. The summed E-state index contributed by atoms with van der Waals surface area (Å²) >= 11 is 1.78. The van der Waals surface area contributed by atoms with Crippen LogP contribution in [-0.2, 0) is 0 Å². The van der Waals surface area contributed by atoms with Crippen LogP contribution in [0, 0.1) is 6.92 Å². The maximum atomic E-state index is 11.5. The van der Waals surface area contributed by atoms with Crippen molar-refractivity contribution in [1.29, 1.82) is 0 Å². The molecule has 0 fully saturated rings. The van der Waals surface area contributed by atoms with E-state index in [9.17, 15) is 4.79 Å². The quantitative estimate of drug-likeness (QED) is 0.556. The average molecular weight is 301 g/mol. The van der Waals surface area contributed by atoms with E-state index in [0.29, 0.717) is 11.5 Å². The van der Waals surface area contributed by atoms with Crippen molar-refractivity contribution < 1.29 is 0 Å². The standard InChI is InChI=1S/C14H15N5OS/c1-10-16-12(9-13-17-18-14(20)19(10)13)15-7-8-21-11-5-3-2-4-6-11/h2-6,9,15H,7-8H2,1H3,(H,18,20). The Bertz CT molecular complexity index is 796. The Morgan fingerprint density at radius 2 is 2.14 bits per heavy atom. The summed E-state index contributed by atoms with van der Waals surface area (Å²) in [6.45, 7) is 2.57. The van der Waals surface area contributed by atoms with Crippen LogP contribution in [-0.4, -0.2) is 31.9 Å². The first-order valence-electron chi connectivity index (χ1n) is 6.60. The van der Waals surface area contributed by atoms with Crippen molar-refractivity contribution in [1.82, 2.24) is 19.6 Å². The van der Waals surface area contributed by atoms with Crippen LogP contribution in [0.3, 0.4) is 0 Å². The van der Waals surface area contributed by atoms with Crippen LogP contribution in [0.15, 0.2) is 46.1 Å². The number of rotatable bonds is 5. The number of nitrogens with one attached hydrogen (secondary N) is 2. The van der Waals surface area contributed by atoms with Crippen LogP contribution >= 0.6 is 11.8 Å². The molecule has 2 heterocycles. The summed E-state index contributed by atoms with van der Waals surface area (Å²) in [6, 6.07) is 12.0. The second-order valence-electron chi connectivity index (χ2n) is 4.50. The zero-order chi connectivity index (χ0) is 14.7. The van der Waals surface area contributed by atoms with E-state index < -0.39 is 0 Å². The molecule has 2 N–H and O–H groups in total. The molecule has 0 unspecified atom stereocenters. The molecule has 6 nitrogen and oxygen atoms in total. The van der Waals surface area contributed by atoms with Gasteiger partial charge in [0.2, 0.25) is 0 Å². The van der Waals surface area contributed by atoms with E-state index in [4.69, 9.17) is 0 Å². The van der Waals surface area contributed by atoms with E-state index in [2.05, 4.69) is 32.6 Å². The highest BCUT2D eigenvalue weighted by Gasteiger charge is 2.06. The van der Waals surface area contributed by atoms with Crippen molar-refractivity contribution in [3.8, 4) is 0 Å². The van der Waals surface area contributed by atoms with Crippen LogP contribution in [0.4, 0.5) is 5.82 Å². The number of hydrogen-bond donors (Lipinski definition) is 2. The van der Waals surface area contributed by atoms with Gasteiger partial charge >= 0.3 is 5.69 Å². The highest BCUT2D eigenvalue weighted by molar-refractivity contribution is 7.99. The summed E-state index contributed by atoms with van der Waals surface area (Å²) in [4.78, 5) is 17.1. The Morgan fingerprint density at radius 3 is 2.95 bits per heavy atom. The zero-order valence-corrected chi connectivity index (χ0v) is 12.4. The Morgan fingerprint density at radius 1 is 1.33 bits per heavy atom. The van der Waals surface area contributed by atoms with Gasteiger partial charge in [0.05, 0.1) is 0 Å². The fourth-order valence-corrected chi connectivity index (χ4v) is 2.84. The first kappa shape index (κ1) is 13.7. The molecule has 0 saturated carbocycles. The first-order chi connectivity index (χ1) is 10.2. The number of aromatic nitrogens is 4. The minimum atomic E-state index is -0.263. The molecule has 2 aromatic heterocycles. The molecule has 0 bridgehead atoms. The molecule has 0 amide bonds. The summed E-state index contributed by atoms with van der Waals surface area (Å²) in [5.41, 5.74) is 0.312. The second kappa shape index (κ2) is 6.01. The number of H-pyrrole nitrogens is 1. The highest BCUT2D eigenvalue weighted by atomic mass is 32.2. The van der Waals surface area contributed by atoms with Crippen LogP contribution in [0.25, 0.3) is 5.65 Å². The molecule has 0 radical (unpaired) electrons. The number of aryl methyl sites for hydroxylation is 1. The molecule has 3 aromatic rings. The minimum Gasteiger partial charge on any atom is -0.369 e. The minimum absolute atomic E-state index is 0.263. The smallest absolute Gasteiger partial charge is 0.349 e. The number of thioether (sulfide) groups is 1. The lowest BCUT2D eigenvalue weighted by Gasteiger charge is -2.07. The number of nitrogens with zero attached hydrogens (tertiary/aromatic N) is 3. The Kier molecular flexibility index (Phi) is 3.92. The van der Waals surface area contributed by atoms with E-state index in [0.717, 1.165) is 18.1 Å². The maximum absolute atomic E-state index is 11.5. The van der Waals surface area contributed by atoms with Crippen molar-refractivity contribution in [3.05, 3.63) is 52.7 Å². The molecule has 3 rings (SSSR count). The molecule has 7 heteroatoms. The molecule has 0 aliphatic heterocycles. The molecule has 0 spiro atoms. The third-order valence-corrected chi connectivity index (χ3v) is 4.00. The van der Waals surface area contributed by atoms with Gasteiger partial charge in [-0.2, -0.15) is 5.10 Å². The van der Waals surface area contributed by atoms with Crippen molar-refractivity contribution in [3.63, 3.8) is 0 Å². The largest absolute Gasteiger partial charge is 0.369 e. The monoisotopic (exact) mass is 301 g/mol. The lowest BCUT2D eigenvalue weighted by atomic mass is 10.4. The Labute approximate surface area is 125 Å². The van der Waals surface area contributed by atoms with Crippen molar-refractivity contribution in [2.24, 2.45) is 0 Å². The average Bonchev–Trinajstić information content (AvgIpc) is 2.87. The number of aromatic amines is 1. The van der Waals surface area contributed by atoms with Gasteiger partial charge in [0.15, 0.2) is 5.65 Å². The topological polar surface area (TPSA) is 75.1 Å². The summed E-state index contributed by atoms with van der Waals surface area (Å²) in [5, 5.41) is 9.63. The van der Waals surface area contributed by atoms with Gasteiger partial charge in [-0.1, -0.05) is 18.2 Å². The van der Waals surface area contributed by atoms with Crippen molar-refractivity contribution in [2.45, 2.75) is 11.8 Å². The van der Waals surface area contributed by atoms with E-state index >= 15 is 0 Å². The zero-order valence-electron chi connectivity index (χ0n) is 11.5. The third kappa shape index (κ3) is 3.08. The fraction of sp³-hybridized carbons (Fsp3) is 0.214. The third-order valence-electron chi connectivity index (χ3n) is 2.99. The SMILES string of the molecule is Cc1nc(NCCSc2ccccc2)cc2n[nH]c(=O)n12. The van der Waals surface area contributed by atoms with E-state index in [1.54, 1.807) is 24.8 Å². The molecule has 0 aliphatic rings. The summed E-state index contributed by atoms with van der Waals surface area (Å²) < 4.78 is 1.45. The van der Waals surface area contributed by atoms with Gasteiger partial charge in [-0.25, -0.2) is 19.3 Å². The van der Waals surface area contributed by atoms with Gasteiger partial charge in [0.25, 0.3) is 0 Å². The molecule has 0 saturated heterocycles. The van der Waals surface area contributed by atoms with Crippen molar-refractivity contribution >= 4 is 23.2 Å². The van der Waals surface area contributed by atoms with Gasteiger partial charge in [-0.05, 0) is 19.1 Å². The highest BCUT2D eigenvalue weighted by Crippen LogP contribution is 2.16. The van der Waals surface area contributed by atoms with Crippen LogP contribution in [0.2, 0.25) is 0 Å². The number of fused-ring (bicyclic) bond motifs is 1. The van der Waals surface area contributed by atoms with Gasteiger partial charge in [-0.3, -0.25) is 0 Å². The van der Waals surface area contributed by atoms with E-state index in [-0.39, 0.29) is 5.69 Å². The van der Waals surface area contributed by atoms with Crippen LogP contribution < -0.4 is 11.0 Å². The van der Waals surface area contributed by atoms with Crippen LogP contribution in [0.5, 0.6) is 0 Å². The van der Waals surface area contributed by atoms with Crippen LogP contribution in [0.1, 0.15) is 5.82 Å². The molecular formula is C14H15N5OS. The normalized spacial score (nSPS) is 10.9. The van der Waals surface area contributed by atoms with Gasteiger partial charge in [0, 0.05) is 23.3 Å². The molecule has 0 aliphatic carbocycles. The second-order valence-corrected chi connectivity index (χ2v) is 5.67. The van der Waals surface area contributed by atoms with E-state index in [1.165, 1.54) is 9.30 Å². The van der Waals surface area contributed by atoms with Gasteiger partial charge < -0.3 is 5.32 Å². The molecule has 0 atom stereocenters. The fourth-order valence-electron chi connectivity index (χ4n) is 2.05. The Balaban J connectivity index is 1.62. The lowest BCUT2D eigenvalue weighted by molar-refractivity contribution is 0.934.